The van der Waals surface area contributed by atoms with E-state index in [1.807, 2.05) is 19.1 Å². The predicted octanol–water partition coefficient (Wildman–Crippen LogP) is 1.42. The van der Waals surface area contributed by atoms with Gasteiger partial charge < -0.3 is 5.11 Å². The number of carboxylic acid groups (broad SMARTS) is 1. The number of aryl methyl sites for hydroxylation is 1. The normalized spacial score (nSPS) is 11.9. The van der Waals surface area contributed by atoms with Crippen molar-refractivity contribution in [2.75, 3.05) is 0 Å². The molecule has 0 aliphatic carbocycles. The van der Waals surface area contributed by atoms with Crippen LogP contribution in [0.5, 0.6) is 0 Å². The zero-order valence-corrected chi connectivity index (χ0v) is 16.8. The van der Waals surface area contributed by atoms with Crippen LogP contribution in [-0.2, 0) is 24.3 Å². The van der Waals surface area contributed by atoms with Crippen LogP contribution in [0.15, 0.2) is 69.0 Å². The Bertz CT molecular complexity index is 1240. The van der Waals surface area contributed by atoms with Crippen LogP contribution < -0.4 is 17.1 Å². The van der Waals surface area contributed by atoms with Crippen LogP contribution in [0.3, 0.4) is 0 Å². The molecule has 0 amide bonds. The highest BCUT2D eigenvalue weighted by Crippen LogP contribution is 2.12. The summed E-state index contributed by atoms with van der Waals surface area (Å²) in [6.07, 6.45) is -0.0579. The number of nitrogens with zero attached hydrogens (tertiary/aromatic N) is 3. The number of aromatic nitrogens is 3. The van der Waals surface area contributed by atoms with Crippen LogP contribution in [0.25, 0.3) is 0 Å². The Labute approximate surface area is 172 Å². The van der Waals surface area contributed by atoms with Crippen LogP contribution in [-0.4, -0.2) is 24.8 Å². The molecule has 156 valence electrons. The number of rotatable bonds is 7. The summed E-state index contributed by atoms with van der Waals surface area (Å²) in [6, 6.07) is 14.6. The molecule has 0 aliphatic rings. The summed E-state index contributed by atoms with van der Waals surface area (Å²) in [7, 11) is 0. The minimum atomic E-state index is -1.44. The fourth-order valence-electron chi connectivity index (χ4n) is 3.41. The van der Waals surface area contributed by atoms with Crippen LogP contribution in [0.2, 0.25) is 0 Å². The Morgan fingerprint density at radius 3 is 2.10 bits per heavy atom. The molecule has 3 aromatic rings. The molecule has 1 aromatic heterocycles. The van der Waals surface area contributed by atoms with Gasteiger partial charge in [-0.3, -0.25) is 0 Å². The molecule has 2 aromatic carbocycles. The van der Waals surface area contributed by atoms with Gasteiger partial charge in [0.15, 0.2) is 0 Å². The van der Waals surface area contributed by atoms with Crippen LogP contribution in [0.1, 0.15) is 29.7 Å². The zero-order valence-electron chi connectivity index (χ0n) is 16.8. The molecule has 8 nitrogen and oxygen atoms in total. The molecule has 8 heteroatoms. The van der Waals surface area contributed by atoms with E-state index in [1.165, 1.54) is 0 Å². The lowest BCUT2D eigenvalue weighted by Gasteiger charge is -2.19. The van der Waals surface area contributed by atoms with E-state index in [9.17, 15) is 24.3 Å². The Morgan fingerprint density at radius 2 is 1.50 bits per heavy atom. The summed E-state index contributed by atoms with van der Waals surface area (Å²) < 4.78 is 2.49. The molecule has 3 rings (SSSR count). The molecule has 1 atom stereocenters. The van der Waals surface area contributed by atoms with E-state index in [0.717, 1.165) is 20.3 Å². The fraction of sp³-hybridized carbons (Fsp3) is 0.273. The summed E-state index contributed by atoms with van der Waals surface area (Å²) in [4.78, 5) is 50.9. The molecule has 1 N–H and O–H groups in total. The van der Waals surface area contributed by atoms with Gasteiger partial charge in [0.2, 0.25) is 0 Å². The smallest absolute Gasteiger partial charge is 0.337 e. The molecule has 0 bridgehead atoms. The van der Waals surface area contributed by atoms with Crippen molar-refractivity contribution in [3.63, 3.8) is 0 Å². The van der Waals surface area contributed by atoms with E-state index in [-0.39, 0.29) is 19.5 Å². The predicted molar refractivity (Wildman–Crippen MR) is 112 cm³/mol. The lowest BCUT2D eigenvalue weighted by molar-refractivity contribution is -0.141. The first-order valence-electron chi connectivity index (χ1n) is 9.62. The van der Waals surface area contributed by atoms with Crippen molar-refractivity contribution in [1.82, 2.24) is 13.7 Å². The van der Waals surface area contributed by atoms with Gasteiger partial charge in [-0.25, -0.2) is 32.9 Å². The number of hydrogen-bond donors (Lipinski definition) is 1. The van der Waals surface area contributed by atoms with Gasteiger partial charge in [-0.05, 0) is 30.5 Å². The van der Waals surface area contributed by atoms with Crippen molar-refractivity contribution < 1.29 is 9.90 Å². The fourth-order valence-corrected chi connectivity index (χ4v) is 3.41. The lowest BCUT2D eigenvalue weighted by atomic mass is 10.1. The molecule has 0 saturated heterocycles. The minimum Gasteiger partial charge on any atom is -0.480 e. The maximum absolute atomic E-state index is 13.2. The summed E-state index contributed by atoms with van der Waals surface area (Å²) >= 11 is 0. The van der Waals surface area contributed by atoms with Gasteiger partial charge in [0.05, 0.1) is 6.54 Å². The highest BCUT2D eigenvalue weighted by atomic mass is 16.4. The molecule has 0 unspecified atom stereocenters. The van der Waals surface area contributed by atoms with Gasteiger partial charge in [0.25, 0.3) is 0 Å². The van der Waals surface area contributed by atoms with E-state index in [0.29, 0.717) is 10.1 Å². The lowest BCUT2D eigenvalue weighted by Crippen LogP contribution is -2.56. The molecule has 30 heavy (non-hydrogen) atoms. The third-order valence-corrected chi connectivity index (χ3v) is 5.11. The quantitative estimate of drug-likeness (QED) is 0.636. The van der Waals surface area contributed by atoms with Crippen molar-refractivity contribution in [2.45, 2.75) is 39.4 Å². The van der Waals surface area contributed by atoms with E-state index in [2.05, 4.69) is 0 Å². The zero-order chi connectivity index (χ0) is 21.8. The van der Waals surface area contributed by atoms with Crippen molar-refractivity contribution in [1.29, 1.82) is 0 Å². The highest BCUT2D eigenvalue weighted by Gasteiger charge is 2.27. The molecule has 0 fully saturated rings. The van der Waals surface area contributed by atoms with Gasteiger partial charge in [-0.2, -0.15) is 0 Å². The number of carbonyl (C=O) groups is 1. The maximum Gasteiger partial charge on any atom is 0.337 e. The van der Waals surface area contributed by atoms with Gasteiger partial charge in [-0.15, -0.1) is 0 Å². The van der Waals surface area contributed by atoms with E-state index in [4.69, 9.17) is 0 Å². The van der Waals surface area contributed by atoms with E-state index >= 15 is 0 Å². The molecule has 0 spiro atoms. The number of aliphatic carboxylic acids is 1. The standard InChI is InChI=1S/C22H23N3O5/c1-3-23-20(28)24(14-17-12-8-7-9-15(17)2)22(30)25(21(23)29)18(19(26)27)13-16-10-5-4-6-11-16/h4-12,18H,3,13-14H2,1-2H3,(H,26,27)/t18-/m0/s1. The van der Waals surface area contributed by atoms with E-state index < -0.39 is 29.1 Å². The second-order valence-corrected chi connectivity index (χ2v) is 7.02. The van der Waals surface area contributed by atoms with Crippen LogP contribution in [0, 0.1) is 6.92 Å². The van der Waals surface area contributed by atoms with Gasteiger partial charge in [0, 0.05) is 13.0 Å². The SMILES string of the molecule is CCn1c(=O)n(Cc2ccccc2C)c(=O)n([C@@H](Cc2ccccc2)C(=O)O)c1=O. The maximum atomic E-state index is 13.2. The Kier molecular flexibility index (Phi) is 6.15. The van der Waals surface area contributed by atoms with Crippen LogP contribution >= 0.6 is 0 Å². The summed E-state index contributed by atoms with van der Waals surface area (Å²) in [5, 5.41) is 9.80. The first-order valence-corrected chi connectivity index (χ1v) is 9.62. The van der Waals surface area contributed by atoms with Gasteiger partial charge in [-0.1, -0.05) is 54.6 Å². The van der Waals surface area contributed by atoms with Crippen molar-refractivity contribution >= 4 is 5.97 Å². The van der Waals surface area contributed by atoms with Gasteiger partial charge in [0.1, 0.15) is 6.04 Å². The number of hydrogen-bond acceptors (Lipinski definition) is 4. The van der Waals surface area contributed by atoms with Crippen molar-refractivity contribution in [2.24, 2.45) is 0 Å². The Hall–Kier alpha value is -3.68. The van der Waals surface area contributed by atoms with E-state index in [1.54, 1.807) is 49.4 Å². The number of benzene rings is 2. The first kappa shape index (κ1) is 21.0. The Morgan fingerprint density at radius 1 is 0.900 bits per heavy atom. The van der Waals surface area contributed by atoms with Gasteiger partial charge >= 0.3 is 23.0 Å². The third-order valence-electron chi connectivity index (χ3n) is 5.11. The summed E-state index contributed by atoms with van der Waals surface area (Å²) in [6.45, 7) is 3.42. The molecule has 0 radical (unpaired) electrons. The minimum absolute atomic E-state index is 0.0173. The largest absolute Gasteiger partial charge is 0.480 e. The van der Waals surface area contributed by atoms with Crippen LogP contribution in [0.4, 0.5) is 0 Å². The summed E-state index contributed by atoms with van der Waals surface area (Å²) in [5.74, 6) is -1.32. The topological polar surface area (TPSA) is 103 Å². The monoisotopic (exact) mass is 409 g/mol. The number of carboxylic acids is 1. The first-order chi connectivity index (χ1) is 14.3. The molecule has 0 saturated carbocycles. The van der Waals surface area contributed by atoms with Crippen molar-refractivity contribution in [3.8, 4) is 0 Å². The summed E-state index contributed by atoms with van der Waals surface area (Å²) in [5.41, 5.74) is -0.326. The third kappa shape index (κ3) is 4.03. The average molecular weight is 409 g/mol. The second kappa shape index (κ2) is 8.77. The highest BCUT2D eigenvalue weighted by molar-refractivity contribution is 5.72. The molecular weight excluding hydrogens is 386 g/mol. The molecule has 0 aliphatic heterocycles. The molecular formula is C22H23N3O5. The Balaban J connectivity index is 2.22. The molecule has 1 heterocycles. The van der Waals surface area contributed by atoms with Crippen molar-refractivity contribution in [3.05, 3.63) is 103 Å². The average Bonchev–Trinajstić information content (AvgIpc) is 2.72. The second-order valence-electron chi connectivity index (χ2n) is 7.02.